The number of aliphatic carboxylic acids is 1. The van der Waals surface area contributed by atoms with Crippen LogP contribution in [0.1, 0.15) is 63.1 Å². The Bertz CT molecular complexity index is 2910. The number of rotatable bonds is 21. The molecule has 24 heteroatoms. The lowest BCUT2D eigenvalue weighted by Crippen LogP contribution is -2.54. The van der Waals surface area contributed by atoms with E-state index >= 15 is 0 Å². The van der Waals surface area contributed by atoms with Gasteiger partial charge in [-0.05, 0) is 67.1 Å². The molecule has 0 radical (unpaired) electrons. The van der Waals surface area contributed by atoms with Crippen molar-refractivity contribution in [2.45, 2.75) is 70.7 Å². The van der Waals surface area contributed by atoms with Crippen LogP contribution >= 0.6 is 0 Å². The molecule has 1 fully saturated rings. The van der Waals surface area contributed by atoms with E-state index in [1.54, 1.807) is 80.6 Å². The maximum absolute atomic E-state index is 14.2. The molecule has 8 N–H and O–H groups in total. The number of piperazine rings is 1. The van der Waals surface area contributed by atoms with E-state index in [9.17, 15) is 33.2 Å². The molecule has 3 atom stereocenters. The maximum atomic E-state index is 14.2. The van der Waals surface area contributed by atoms with Crippen molar-refractivity contribution in [1.29, 1.82) is 0 Å². The third-order valence-electron chi connectivity index (χ3n) is 12.3. The normalized spacial score (nSPS) is 14.2. The van der Waals surface area contributed by atoms with Crippen molar-refractivity contribution in [3.8, 4) is 11.1 Å². The molecular formula is C49H58FN15O8. The van der Waals surface area contributed by atoms with Crippen molar-refractivity contribution in [3.05, 3.63) is 114 Å². The lowest BCUT2D eigenvalue weighted by Gasteiger charge is -2.36. The van der Waals surface area contributed by atoms with Crippen LogP contribution in [0.15, 0.2) is 91.9 Å². The second-order valence-electron chi connectivity index (χ2n) is 18.0. The van der Waals surface area contributed by atoms with E-state index in [1.807, 2.05) is 30.2 Å². The zero-order chi connectivity index (χ0) is 52.2. The van der Waals surface area contributed by atoms with Gasteiger partial charge >= 0.3 is 18.1 Å². The minimum absolute atomic E-state index is 0.0840. The number of hydrogen-bond donors (Lipinski definition) is 7. The van der Waals surface area contributed by atoms with Crippen LogP contribution in [0.5, 0.6) is 0 Å². The number of fused-ring (bicyclic) bond motifs is 1. The number of nitrogens with one attached hydrogen (secondary N) is 5. The maximum Gasteiger partial charge on any atom is 0.408 e. The Morgan fingerprint density at radius 1 is 0.836 bits per heavy atom. The Morgan fingerprint density at radius 2 is 1.53 bits per heavy atom. The summed E-state index contributed by atoms with van der Waals surface area (Å²) in [5.41, 5.74) is 8.73. The Morgan fingerprint density at radius 3 is 2.18 bits per heavy atom. The Kier molecular flexibility index (Phi) is 16.8. The first-order chi connectivity index (χ1) is 34.9. The van der Waals surface area contributed by atoms with Gasteiger partial charge in [-0.15, -0.1) is 0 Å². The molecule has 6 amide bonds. The molecule has 23 nitrogen and oxygen atoms in total. The summed E-state index contributed by atoms with van der Waals surface area (Å²) in [6.07, 6.45) is 9.30. The molecular weight excluding hydrogens is 946 g/mol. The predicted molar refractivity (Wildman–Crippen MR) is 265 cm³/mol. The lowest BCUT2D eigenvalue weighted by molar-refractivity contribution is -0.139. The van der Waals surface area contributed by atoms with Crippen LogP contribution in [-0.4, -0.2) is 120 Å². The van der Waals surface area contributed by atoms with E-state index in [4.69, 9.17) is 25.5 Å². The highest BCUT2D eigenvalue weighted by atomic mass is 19.1. The molecule has 6 aromatic rings. The average Bonchev–Trinajstić information content (AvgIpc) is 4.02. The fraction of sp³-hybridized carbons (Fsp3) is 0.367. The van der Waals surface area contributed by atoms with Gasteiger partial charge in [-0.25, -0.2) is 33.4 Å². The van der Waals surface area contributed by atoms with Crippen molar-refractivity contribution in [1.82, 2.24) is 55.6 Å². The molecule has 1 aliphatic heterocycles. The number of hydrogen-bond acceptors (Lipinski definition) is 14. The number of carboxylic acids is 1. The van der Waals surface area contributed by atoms with Crippen LogP contribution in [0, 0.1) is 11.7 Å². The molecule has 0 spiro atoms. The Hall–Kier alpha value is -8.70. The summed E-state index contributed by atoms with van der Waals surface area (Å²) >= 11 is 0. The van der Waals surface area contributed by atoms with Gasteiger partial charge in [0.05, 0.1) is 18.2 Å². The van der Waals surface area contributed by atoms with Gasteiger partial charge in [0, 0.05) is 93.4 Å². The minimum atomic E-state index is -1.26. The number of benzene rings is 2. The largest absolute Gasteiger partial charge is 0.481 e. The number of carboxylic acid groups (broad SMARTS) is 1. The molecule has 384 valence electrons. The van der Waals surface area contributed by atoms with Gasteiger partial charge in [-0.2, -0.15) is 10.2 Å². The molecule has 0 bridgehead atoms. The van der Waals surface area contributed by atoms with Crippen molar-refractivity contribution >= 4 is 58.8 Å². The number of carbonyl (C=O) groups is 6. The second-order valence-corrected chi connectivity index (χ2v) is 18.0. The molecule has 0 unspecified atom stereocenters. The topological polar surface area (TPSA) is 298 Å². The number of primary amides is 1. The summed E-state index contributed by atoms with van der Waals surface area (Å²) in [4.78, 5) is 93.4. The Labute approximate surface area is 419 Å². The third kappa shape index (κ3) is 13.6. The summed E-state index contributed by atoms with van der Waals surface area (Å²) in [5, 5.41) is 31.0. The highest BCUT2D eigenvalue weighted by Gasteiger charge is 2.34. The molecule has 4 aromatic heterocycles. The number of urea groups is 1. The number of alkyl carbamates (subject to hydrolysis) is 1. The first-order valence-electron chi connectivity index (χ1n) is 23.6. The fourth-order valence-electron chi connectivity index (χ4n) is 8.20. The van der Waals surface area contributed by atoms with Crippen LogP contribution < -0.4 is 42.1 Å². The van der Waals surface area contributed by atoms with Gasteiger partial charge in [-0.3, -0.25) is 23.9 Å². The third-order valence-corrected chi connectivity index (χ3v) is 12.3. The van der Waals surface area contributed by atoms with Crippen molar-refractivity contribution in [2.75, 3.05) is 47.8 Å². The summed E-state index contributed by atoms with van der Waals surface area (Å²) in [5.74, 6) is -2.61. The van der Waals surface area contributed by atoms with Gasteiger partial charge in [0.25, 0.3) is 0 Å². The summed E-state index contributed by atoms with van der Waals surface area (Å²) in [6.45, 7) is 7.57. The standard InChI is InChI=1S/C49H58FN15O8/c1-30(2)42(60-40(66)15-16-41(67)68)45(70)59-38(6-5-17-52-46(51)71)44(69)58-37-13-7-31(8-14-37)28-73-48(72)61-49(3,34-9-11-36(50)12-10-34)35-24-53-47(54-25-35)64-20-18-63(19-21-64)43-39-22-32(27-65(39)57-29-55-43)33-23-56-62(4)26-33/h7-14,22-27,29-30,38,42H,5-6,15-21,28H2,1-4H3,(H,58,69)(H,59,70)(H,60,66)(H,61,72)(H,67,68)(H3,51,52,71)/t38-,42-,49-/m0/s1. The number of nitrogens with zero attached hydrogens (tertiary/aromatic N) is 9. The predicted octanol–water partition coefficient (Wildman–Crippen LogP) is 3.45. The number of amides is 6. The monoisotopic (exact) mass is 1000 g/mol. The minimum Gasteiger partial charge on any atom is -0.481 e. The average molecular weight is 1000 g/mol. The number of aryl methyl sites for hydroxylation is 1. The molecule has 1 aliphatic rings. The van der Waals surface area contributed by atoms with Gasteiger partial charge in [0.15, 0.2) is 5.82 Å². The smallest absolute Gasteiger partial charge is 0.408 e. The number of halogens is 1. The summed E-state index contributed by atoms with van der Waals surface area (Å²) < 4.78 is 23.4. The lowest BCUT2D eigenvalue weighted by atomic mass is 9.86. The van der Waals surface area contributed by atoms with E-state index in [0.717, 1.165) is 22.5 Å². The second kappa shape index (κ2) is 23.5. The van der Waals surface area contributed by atoms with Crippen molar-refractivity contribution in [2.24, 2.45) is 18.7 Å². The zero-order valence-electron chi connectivity index (χ0n) is 40.7. The molecule has 0 saturated carbocycles. The number of ether oxygens (including phenoxy) is 1. The van der Waals surface area contributed by atoms with Crippen LogP contribution in [0.3, 0.4) is 0 Å². The molecule has 2 aromatic carbocycles. The van der Waals surface area contributed by atoms with Crippen LogP contribution in [0.25, 0.3) is 16.6 Å². The number of anilines is 3. The zero-order valence-corrected chi connectivity index (χ0v) is 40.7. The number of nitrogens with two attached hydrogens (primary N) is 1. The number of carbonyl (C=O) groups excluding carboxylic acids is 5. The molecule has 73 heavy (non-hydrogen) atoms. The van der Waals surface area contributed by atoms with Gasteiger partial charge in [0.2, 0.25) is 23.7 Å². The van der Waals surface area contributed by atoms with Gasteiger partial charge < -0.3 is 52.0 Å². The summed E-state index contributed by atoms with van der Waals surface area (Å²) in [6, 6.07) is 11.3. The van der Waals surface area contributed by atoms with Crippen LogP contribution in [0.2, 0.25) is 0 Å². The van der Waals surface area contributed by atoms with Crippen LogP contribution in [0.4, 0.5) is 31.4 Å². The van der Waals surface area contributed by atoms with E-state index in [1.165, 1.54) is 12.1 Å². The molecule has 5 heterocycles. The SMILES string of the molecule is CC(C)[C@H](NC(=O)CCC(=O)O)C(=O)N[C@@H](CCCNC(N)=O)C(=O)Nc1ccc(COC(=O)N[C@@](C)(c2ccc(F)cc2)c2cnc(N3CCN(c4ncnn5cc(-c6cnn(C)c6)cc45)CC3)nc2)cc1. The van der Waals surface area contributed by atoms with Crippen molar-refractivity contribution in [3.63, 3.8) is 0 Å². The van der Waals surface area contributed by atoms with E-state index < -0.39 is 71.6 Å². The van der Waals surface area contributed by atoms with Gasteiger partial charge in [-0.1, -0.05) is 38.1 Å². The van der Waals surface area contributed by atoms with E-state index in [0.29, 0.717) is 54.5 Å². The van der Waals surface area contributed by atoms with E-state index in [-0.39, 0.29) is 32.4 Å². The quantitative estimate of drug-likeness (QED) is 0.0508. The highest BCUT2D eigenvalue weighted by Crippen LogP contribution is 2.31. The summed E-state index contributed by atoms with van der Waals surface area (Å²) in [7, 11) is 1.87. The van der Waals surface area contributed by atoms with Crippen LogP contribution in [-0.2, 0) is 43.1 Å². The highest BCUT2D eigenvalue weighted by molar-refractivity contribution is 5.98. The molecule has 0 aliphatic carbocycles. The fourth-order valence-corrected chi connectivity index (χ4v) is 8.20. The number of aromatic nitrogens is 7. The van der Waals surface area contributed by atoms with Gasteiger partial charge in [0.1, 0.15) is 36.4 Å². The Balaban J connectivity index is 0.960. The first-order valence-corrected chi connectivity index (χ1v) is 23.6. The molecule has 7 rings (SSSR count). The van der Waals surface area contributed by atoms with E-state index in [2.05, 4.69) is 57.6 Å². The molecule has 1 saturated heterocycles. The first kappa shape index (κ1) is 52.1. The van der Waals surface area contributed by atoms with Crippen molar-refractivity contribution < 1.29 is 43.0 Å².